The van der Waals surface area contributed by atoms with Gasteiger partial charge in [-0.1, -0.05) is 47.5 Å². The van der Waals surface area contributed by atoms with E-state index in [1.165, 1.54) is 0 Å². The lowest BCUT2D eigenvalue weighted by atomic mass is 10.1. The van der Waals surface area contributed by atoms with Crippen LogP contribution in [0.1, 0.15) is 21.5 Å². The fourth-order valence-corrected chi connectivity index (χ4v) is 2.12. The zero-order valence-electron chi connectivity index (χ0n) is 12.4. The molecule has 1 heterocycles. The van der Waals surface area contributed by atoms with E-state index in [1.54, 1.807) is 12.1 Å². The minimum atomic E-state index is -0.289. The molecule has 5 nitrogen and oxygen atoms in total. The lowest BCUT2D eigenvalue weighted by Gasteiger charge is -2.02. The molecule has 0 amide bonds. The fourth-order valence-electron chi connectivity index (χ4n) is 2.12. The van der Waals surface area contributed by atoms with Gasteiger partial charge in [0, 0.05) is 11.1 Å². The van der Waals surface area contributed by atoms with Crippen molar-refractivity contribution in [1.82, 2.24) is 14.8 Å². The highest BCUT2D eigenvalue weighted by Gasteiger charge is 2.16. The van der Waals surface area contributed by atoms with E-state index in [9.17, 15) is 4.79 Å². The monoisotopic (exact) mass is 292 g/mol. The van der Waals surface area contributed by atoms with E-state index in [2.05, 4.69) is 10.1 Å². The second kappa shape index (κ2) is 5.44. The first-order valence-corrected chi connectivity index (χ1v) is 6.95. The number of nitrogens with two attached hydrogens (primary N) is 1. The average Bonchev–Trinajstić information content (AvgIpc) is 2.90. The van der Waals surface area contributed by atoms with Crippen LogP contribution in [0.4, 0.5) is 5.95 Å². The number of nitrogen functional groups attached to an aromatic ring is 1. The summed E-state index contributed by atoms with van der Waals surface area (Å²) in [5.74, 6) is 0.238. The van der Waals surface area contributed by atoms with Crippen LogP contribution in [0, 0.1) is 13.8 Å². The molecule has 0 saturated carbocycles. The SMILES string of the molecule is Cc1ccc(C(=O)n2nc(-c3ccc(C)cc3)nc2N)cc1. The van der Waals surface area contributed by atoms with E-state index in [4.69, 9.17) is 5.73 Å². The quantitative estimate of drug-likeness (QED) is 0.788. The van der Waals surface area contributed by atoms with Gasteiger partial charge in [-0.25, -0.2) is 0 Å². The van der Waals surface area contributed by atoms with Gasteiger partial charge in [0.25, 0.3) is 5.91 Å². The molecule has 5 heteroatoms. The van der Waals surface area contributed by atoms with Crippen molar-refractivity contribution in [2.75, 3.05) is 5.73 Å². The zero-order valence-corrected chi connectivity index (χ0v) is 12.4. The number of anilines is 1. The van der Waals surface area contributed by atoms with Crippen LogP contribution < -0.4 is 5.73 Å². The Hall–Kier alpha value is -2.95. The Kier molecular flexibility index (Phi) is 3.47. The van der Waals surface area contributed by atoms with Crippen molar-refractivity contribution in [3.63, 3.8) is 0 Å². The average molecular weight is 292 g/mol. The van der Waals surface area contributed by atoms with E-state index in [1.807, 2.05) is 50.2 Å². The van der Waals surface area contributed by atoms with Crippen LogP contribution in [-0.4, -0.2) is 20.7 Å². The Morgan fingerprint density at radius 1 is 0.955 bits per heavy atom. The summed E-state index contributed by atoms with van der Waals surface area (Å²) in [6.45, 7) is 3.97. The molecule has 0 spiro atoms. The first kappa shape index (κ1) is 14.0. The molecular formula is C17H16N4O. The summed E-state index contributed by atoms with van der Waals surface area (Å²) in [5, 5.41) is 4.24. The number of rotatable bonds is 2. The summed E-state index contributed by atoms with van der Waals surface area (Å²) in [6, 6.07) is 15.0. The summed E-state index contributed by atoms with van der Waals surface area (Å²) < 4.78 is 1.14. The van der Waals surface area contributed by atoms with Crippen molar-refractivity contribution >= 4 is 11.9 Å². The van der Waals surface area contributed by atoms with E-state index >= 15 is 0 Å². The number of aryl methyl sites for hydroxylation is 2. The molecule has 0 aliphatic carbocycles. The van der Waals surface area contributed by atoms with E-state index in [0.29, 0.717) is 11.4 Å². The number of aromatic nitrogens is 3. The molecule has 1 aromatic heterocycles. The van der Waals surface area contributed by atoms with Crippen LogP contribution in [0.3, 0.4) is 0 Å². The van der Waals surface area contributed by atoms with Gasteiger partial charge in [-0.2, -0.15) is 9.67 Å². The third kappa shape index (κ3) is 2.61. The summed E-state index contributed by atoms with van der Waals surface area (Å²) in [6.07, 6.45) is 0. The van der Waals surface area contributed by atoms with Crippen molar-refractivity contribution in [2.45, 2.75) is 13.8 Å². The summed E-state index contributed by atoms with van der Waals surface area (Å²) >= 11 is 0. The molecule has 0 atom stereocenters. The maximum absolute atomic E-state index is 12.5. The lowest BCUT2D eigenvalue weighted by Crippen LogP contribution is -2.16. The summed E-state index contributed by atoms with van der Waals surface area (Å²) in [5.41, 5.74) is 9.43. The van der Waals surface area contributed by atoms with Gasteiger partial charge in [0.2, 0.25) is 5.95 Å². The minimum Gasteiger partial charge on any atom is -0.368 e. The van der Waals surface area contributed by atoms with E-state index in [0.717, 1.165) is 21.4 Å². The number of carbonyl (C=O) groups is 1. The Morgan fingerprint density at radius 3 is 2.09 bits per heavy atom. The van der Waals surface area contributed by atoms with Gasteiger partial charge >= 0.3 is 0 Å². The van der Waals surface area contributed by atoms with Crippen molar-refractivity contribution in [3.8, 4) is 11.4 Å². The number of carbonyl (C=O) groups excluding carboxylic acids is 1. The fraction of sp³-hybridized carbons (Fsp3) is 0.118. The lowest BCUT2D eigenvalue weighted by molar-refractivity contribution is 0.0948. The van der Waals surface area contributed by atoms with Crippen molar-refractivity contribution in [1.29, 1.82) is 0 Å². The predicted molar refractivity (Wildman–Crippen MR) is 85.5 cm³/mol. The van der Waals surface area contributed by atoms with Crippen LogP contribution >= 0.6 is 0 Å². The zero-order chi connectivity index (χ0) is 15.7. The van der Waals surface area contributed by atoms with Gasteiger partial charge in [0.1, 0.15) is 0 Å². The molecule has 0 radical (unpaired) electrons. The topological polar surface area (TPSA) is 73.8 Å². The minimum absolute atomic E-state index is 0.0844. The molecule has 0 aliphatic rings. The molecule has 22 heavy (non-hydrogen) atoms. The first-order valence-electron chi connectivity index (χ1n) is 6.95. The van der Waals surface area contributed by atoms with Crippen molar-refractivity contribution in [3.05, 3.63) is 65.2 Å². The Balaban J connectivity index is 1.97. The highest BCUT2D eigenvalue weighted by Crippen LogP contribution is 2.18. The standard InChI is InChI=1S/C17H16N4O/c1-11-3-7-13(8-4-11)15-19-17(18)21(20-15)16(22)14-9-5-12(2)6-10-14/h3-10H,1-2H3,(H2,18,19,20). The van der Waals surface area contributed by atoms with E-state index < -0.39 is 0 Å². The largest absolute Gasteiger partial charge is 0.368 e. The molecule has 0 aliphatic heterocycles. The highest BCUT2D eigenvalue weighted by atomic mass is 16.2. The molecule has 3 rings (SSSR count). The van der Waals surface area contributed by atoms with Crippen LogP contribution in [0.15, 0.2) is 48.5 Å². The smallest absolute Gasteiger partial charge is 0.281 e. The molecule has 110 valence electrons. The predicted octanol–water partition coefficient (Wildman–Crippen LogP) is 2.83. The van der Waals surface area contributed by atoms with Gasteiger partial charge in [-0.05, 0) is 26.0 Å². The van der Waals surface area contributed by atoms with Gasteiger partial charge < -0.3 is 5.73 Å². The molecule has 0 fully saturated rings. The highest BCUT2D eigenvalue weighted by molar-refractivity contribution is 5.96. The summed E-state index contributed by atoms with van der Waals surface area (Å²) in [4.78, 5) is 16.6. The van der Waals surface area contributed by atoms with Gasteiger partial charge in [-0.3, -0.25) is 4.79 Å². The molecule has 0 unspecified atom stereocenters. The number of nitrogens with zero attached hydrogens (tertiary/aromatic N) is 3. The van der Waals surface area contributed by atoms with Crippen LogP contribution in [0.2, 0.25) is 0 Å². The van der Waals surface area contributed by atoms with Gasteiger partial charge in [-0.15, -0.1) is 5.10 Å². The summed E-state index contributed by atoms with van der Waals surface area (Å²) in [7, 11) is 0. The maximum Gasteiger partial charge on any atom is 0.281 e. The van der Waals surface area contributed by atoms with Gasteiger partial charge in [0.15, 0.2) is 5.82 Å². The Labute approximate surface area is 128 Å². The third-order valence-corrected chi connectivity index (χ3v) is 3.43. The van der Waals surface area contributed by atoms with Crippen LogP contribution in [0.25, 0.3) is 11.4 Å². The second-order valence-electron chi connectivity index (χ2n) is 5.24. The van der Waals surface area contributed by atoms with Crippen LogP contribution in [0.5, 0.6) is 0 Å². The third-order valence-electron chi connectivity index (χ3n) is 3.43. The van der Waals surface area contributed by atoms with Gasteiger partial charge in [0.05, 0.1) is 0 Å². The first-order chi connectivity index (χ1) is 10.5. The van der Waals surface area contributed by atoms with Crippen LogP contribution in [-0.2, 0) is 0 Å². The maximum atomic E-state index is 12.5. The Bertz CT molecular complexity index is 817. The number of hydrogen-bond donors (Lipinski definition) is 1. The second-order valence-corrected chi connectivity index (χ2v) is 5.24. The molecule has 3 aromatic rings. The van der Waals surface area contributed by atoms with Crippen molar-refractivity contribution in [2.24, 2.45) is 0 Å². The molecule has 2 N–H and O–H groups in total. The molecule has 0 bridgehead atoms. The Morgan fingerprint density at radius 2 is 1.50 bits per heavy atom. The van der Waals surface area contributed by atoms with E-state index in [-0.39, 0.29) is 11.9 Å². The molecule has 2 aromatic carbocycles. The molecular weight excluding hydrogens is 276 g/mol. The van der Waals surface area contributed by atoms with Crippen molar-refractivity contribution < 1.29 is 4.79 Å². The molecule has 0 saturated heterocycles. The normalized spacial score (nSPS) is 10.6. The number of benzene rings is 2. The number of hydrogen-bond acceptors (Lipinski definition) is 4.